The Bertz CT molecular complexity index is 241. The van der Waals surface area contributed by atoms with Crippen LogP contribution in [0.4, 0.5) is 0 Å². The Labute approximate surface area is 112 Å². The van der Waals surface area contributed by atoms with E-state index < -0.39 is 0 Å². The number of nitrogens with zero attached hydrogens (tertiary/aromatic N) is 2. The summed E-state index contributed by atoms with van der Waals surface area (Å²) in [5.74, 6) is 0.568. The maximum atomic E-state index is 10.3. The van der Waals surface area contributed by atoms with Crippen molar-refractivity contribution in [2.75, 3.05) is 33.2 Å². The molecule has 2 rings (SSSR count). The molecule has 0 aromatic carbocycles. The zero-order valence-corrected chi connectivity index (χ0v) is 12.1. The molecule has 106 valence electrons. The lowest BCUT2D eigenvalue weighted by atomic mass is 10.0. The van der Waals surface area contributed by atoms with Crippen LogP contribution in [0.2, 0.25) is 0 Å². The van der Waals surface area contributed by atoms with Crippen LogP contribution in [0, 0.1) is 5.92 Å². The summed E-state index contributed by atoms with van der Waals surface area (Å²) in [6.07, 6.45) is 7.68. The third kappa shape index (κ3) is 3.69. The maximum absolute atomic E-state index is 10.3. The molecule has 3 nitrogen and oxygen atoms in total. The normalized spacial score (nSPS) is 28.3. The van der Waals surface area contributed by atoms with E-state index in [-0.39, 0.29) is 6.10 Å². The van der Waals surface area contributed by atoms with Crippen molar-refractivity contribution >= 4 is 0 Å². The average Bonchev–Trinajstić information content (AvgIpc) is 2.98. The van der Waals surface area contributed by atoms with Gasteiger partial charge >= 0.3 is 0 Å². The van der Waals surface area contributed by atoms with Gasteiger partial charge in [0.2, 0.25) is 0 Å². The zero-order chi connectivity index (χ0) is 13.0. The zero-order valence-electron chi connectivity index (χ0n) is 12.1. The van der Waals surface area contributed by atoms with Crippen molar-refractivity contribution in [3.63, 3.8) is 0 Å². The van der Waals surface area contributed by atoms with Crippen molar-refractivity contribution in [3.05, 3.63) is 0 Å². The van der Waals surface area contributed by atoms with Crippen LogP contribution in [0.5, 0.6) is 0 Å². The van der Waals surface area contributed by atoms with Crippen LogP contribution in [-0.4, -0.2) is 60.3 Å². The SMILES string of the molecule is CCN1CCCC1CN(C)CC(O)C1CCCC1. The molecule has 18 heavy (non-hydrogen) atoms. The van der Waals surface area contributed by atoms with Crippen molar-refractivity contribution in [1.29, 1.82) is 0 Å². The Morgan fingerprint density at radius 2 is 1.94 bits per heavy atom. The first kappa shape index (κ1) is 14.3. The Balaban J connectivity index is 1.72. The van der Waals surface area contributed by atoms with Gasteiger partial charge < -0.3 is 10.0 Å². The number of rotatable bonds is 6. The molecular formula is C15H30N2O. The molecule has 1 saturated heterocycles. The van der Waals surface area contributed by atoms with Gasteiger partial charge in [-0.2, -0.15) is 0 Å². The van der Waals surface area contributed by atoms with E-state index in [0.29, 0.717) is 5.92 Å². The van der Waals surface area contributed by atoms with Gasteiger partial charge in [0.05, 0.1) is 6.10 Å². The fourth-order valence-electron chi connectivity index (χ4n) is 3.76. The summed E-state index contributed by atoms with van der Waals surface area (Å²) < 4.78 is 0. The summed E-state index contributed by atoms with van der Waals surface area (Å²) in [7, 11) is 2.17. The molecule has 1 aliphatic carbocycles. The van der Waals surface area contributed by atoms with Gasteiger partial charge in [0.15, 0.2) is 0 Å². The molecule has 1 N–H and O–H groups in total. The van der Waals surface area contributed by atoms with Gasteiger partial charge in [-0.1, -0.05) is 19.8 Å². The molecule has 2 fully saturated rings. The minimum absolute atomic E-state index is 0.103. The molecule has 0 aromatic rings. The molecule has 1 aliphatic heterocycles. The van der Waals surface area contributed by atoms with Crippen molar-refractivity contribution in [3.8, 4) is 0 Å². The molecule has 1 heterocycles. The van der Waals surface area contributed by atoms with E-state index in [1.54, 1.807) is 0 Å². The minimum Gasteiger partial charge on any atom is -0.392 e. The van der Waals surface area contributed by atoms with Crippen molar-refractivity contribution in [1.82, 2.24) is 9.80 Å². The number of hydrogen-bond acceptors (Lipinski definition) is 3. The lowest BCUT2D eigenvalue weighted by Crippen LogP contribution is -2.42. The van der Waals surface area contributed by atoms with Crippen LogP contribution >= 0.6 is 0 Å². The summed E-state index contributed by atoms with van der Waals surface area (Å²) in [5.41, 5.74) is 0. The topological polar surface area (TPSA) is 26.7 Å². The van der Waals surface area contributed by atoms with Gasteiger partial charge in [0.25, 0.3) is 0 Å². The quantitative estimate of drug-likeness (QED) is 0.785. The van der Waals surface area contributed by atoms with Crippen molar-refractivity contribution in [2.24, 2.45) is 5.92 Å². The van der Waals surface area contributed by atoms with E-state index >= 15 is 0 Å². The van der Waals surface area contributed by atoms with Crippen molar-refractivity contribution in [2.45, 2.75) is 57.6 Å². The lowest BCUT2D eigenvalue weighted by Gasteiger charge is -2.30. The maximum Gasteiger partial charge on any atom is 0.0695 e. The third-order valence-corrected chi connectivity index (χ3v) is 4.87. The highest BCUT2D eigenvalue weighted by atomic mass is 16.3. The van der Waals surface area contributed by atoms with Crippen LogP contribution < -0.4 is 0 Å². The largest absolute Gasteiger partial charge is 0.392 e. The molecule has 2 atom stereocenters. The van der Waals surface area contributed by atoms with Gasteiger partial charge in [-0.25, -0.2) is 0 Å². The van der Waals surface area contributed by atoms with E-state index in [4.69, 9.17) is 0 Å². The second-order valence-corrected chi connectivity index (χ2v) is 6.26. The highest BCUT2D eigenvalue weighted by molar-refractivity contribution is 4.82. The van der Waals surface area contributed by atoms with Crippen molar-refractivity contribution < 1.29 is 5.11 Å². The monoisotopic (exact) mass is 254 g/mol. The molecule has 1 saturated carbocycles. The molecule has 2 unspecified atom stereocenters. The fourth-order valence-corrected chi connectivity index (χ4v) is 3.76. The first-order chi connectivity index (χ1) is 8.70. The summed E-state index contributed by atoms with van der Waals surface area (Å²) in [4.78, 5) is 4.93. The van der Waals surface area contributed by atoms with E-state index in [2.05, 4.69) is 23.8 Å². The Hall–Kier alpha value is -0.120. The second kappa shape index (κ2) is 6.88. The Morgan fingerprint density at radius 1 is 1.22 bits per heavy atom. The van der Waals surface area contributed by atoms with Gasteiger partial charge in [0.1, 0.15) is 0 Å². The van der Waals surface area contributed by atoms with E-state index in [0.717, 1.165) is 19.1 Å². The second-order valence-electron chi connectivity index (χ2n) is 6.26. The first-order valence-electron chi connectivity index (χ1n) is 7.81. The summed E-state index contributed by atoms with van der Waals surface area (Å²) >= 11 is 0. The highest BCUT2D eigenvalue weighted by Crippen LogP contribution is 2.28. The van der Waals surface area contributed by atoms with E-state index in [1.807, 2.05) is 0 Å². The predicted octanol–water partition coefficient (Wildman–Crippen LogP) is 1.95. The highest BCUT2D eigenvalue weighted by Gasteiger charge is 2.27. The molecule has 0 radical (unpaired) electrons. The molecular weight excluding hydrogens is 224 g/mol. The number of aliphatic hydroxyl groups excluding tert-OH is 1. The standard InChI is InChI=1S/C15H30N2O/c1-3-17-10-6-9-14(17)11-16(2)12-15(18)13-7-4-5-8-13/h13-15,18H,3-12H2,1-2H3. The number of likely N-dealkylation sites (tertiary alicyclic amines) is 1. The van der Waals surface area contributed by atoms with Crippen LogP contribution in [0.3, 0.4) is 0 Å². The minimum atomic E-state index is -0.103. The molecule has 2 aliphatic rings. The van der Waals surface area contributed by atoms with Crippen LogP contribution in [0.15, 0.2) is 0 Å². The van der Waals surface area contributed by atoms with Crippen LogP contribution in [0.25, 0.3) is 0 Å². The van der Waals surface area contributed by atoms with Crippen LogP contribution in [0.1, 0.15) is 45.4 Å². The number of aliphatic hydroxyl groups is 1. The number of hydrogen-bond donors (Lipinski definition) is 1. The Morgan fingerprint density at radius 3 is 2.61 bits per heavy atom. The van der Waals surface area contributed by atoms with E-state index in [9.17, 15) is 5.11 Å². The molecule has 0 aromatic heterocycles. The molecule has 0 bridgehead atoms. The summed E-state index contributed by atoms with van der Waals surface area (Å²) in [6, 6.07) is 0.718. The fraction of sp³-hybridized carbons (Fsp3) is 1.00. The smallest absolute Gasteiger partial charge is 0.0695 e. The first-order valence-corrected chi connectivity index (χ1v) is 7.81. The summed E-state index contributed by atoms with van der Waals surface area (Å²) in [6.45, 7) is 6.67. The van der Waals surface area contributed by atoms with Crippen LogP contribution in [-0.2, 0) is 0 Å². The third-order valence-electron chi connectivity index (χ3n) is 4.87. The van der Waals surface area contributed by atoms with Gasteiger partial charge in [-0.3, -0.25) is 4.90 Å². The van der Waals surface area contributed by atoms with Gasteiger partial charge in [-0.05, 0) is 51.7 Å². The molecule has 3 heteroatoms. The predicted molar refractivity (Wildman–Crippen MR) is 75.7 cm³/mol. The Kier molecular flexibility index (Phi) is 5.46. The average molecular weight is 254 g/mol. The van der Waals surface area contributed by atoms with Gasteiger partial charge in [0, 0.05) is 19.1 Å². The summed E-state index contributed by atoms with van der Waals surface area (Å²) in [5, 5.41) is 10.3. The number of likely N-dealkylation sites (N-methyl/N-ethyl adjacent to an activating group) is 2. The molecule has 0 amide bonds. The van der Waals surface area contributed by atoms with E-state index in [1.165, 1.54) is 51.6 Å². The van der Waals surface area contributed by atoms with Gasteiger partial charge in [-0.15, -0.1) is 0 Å². The lowest BCUT2D eigenvalue weighted by molar-refractivity contribution is 0.0660. The molecule has 0 spiro atoms.